The Morgan fingerprint density at radius 2 is 2.12 bits per heavy atom. The van der Waals surface area contributed by atoms with Crippen molar-refractivity contribution >= 4 is 5.91 Å². The number of hydrogen-bond donors (Lipinski definition) is 0. The van der Waals surface area contributed by atoms with Gasteiger partial charge in [0.25, 0.3) is 0 Å². The van der Waals surface area contributed by atoms with E-state index in [1.165, 1.54) is 18.0 Å². The van der Waals surface area contributed by atoms with Crippen molar-refractivity contribution in [3.05, 3.63) is 12.8 Å². The summed E-state index contributed by atoms with van der Waals surface area (Å²) in [6.07, 6.45) is 1.47. The number of carbonyl (C=O) groups is 1. The molecular weight excluding hydrogens is 130 g/mol. The van der Waals surface area contributed by atoms with E-state index in [0.717, 1.165) is 0 Å². The van der Waals surface area contributed by atoms with E-state index in [1.54, 1.807) is 7.05 Å². The molecule has 0 aromatic heterocycles. The normalized spacial score (nSPS) is 6.75. The molecule has 0 aromatic rings. The third-order valence-corrected chi connectivity index (χ3v) is 0.771. The Labute approximate surface area is 79.5 Å². The molecule has 8 heavy (non-hydrogen) atoms. The monoisotopic (exact) mass is 139 g/mol. The molecule has 48 valence electrons. The summed E-state index contributed by atoms with van der Waals surface area (Å²) in [6, 6.07) is 0. The van der Waals surface area contributed by atoms with Gasteiger partial charge >= 0.3 is 0 Å². The summed E-state index contributed by atoms with van der Waals surface area (Å²) in [5.41, 5.74) is 0. The second-order valence-electron chi connectivity index (χ2n) is 1.31. The Kier molecular flexibility index (Phi) is 7.91. The maximum atomic E-state index is 10.2. The zero-order valence-corrected chi connectivity index (χ0v) is 5.70. The standard InChI is InChI=1S/C5H9NO.Ar/c1-4-6(3)5(2)7;/h4H,1H2,2-3H3;. The van der Waals surface area contributed by atoms with Crippen LogP contribution in [0.2, 0.25) is 0 Å². The summed E-state index contributed by atoms with van der Waals surface area (Å²) in [7, 11) is 1.66. The summed E-state index contributed by atoms with van der Waals surface area (Å²) in [6.45, 7) is 4.87. The van der Waals surface area contributed by atoms with Gasteiger partial charge in [-0.1, -0.05) is 6.58 Å². The third kappa shape index (κ3) is 4.62. The number of hydrogen-bond acceptors (Lipinski definition) is 1. The van der Waals surface area contributed by atoms with Gasteiger partial charge in [-0.3, -0.25) is 4.79 Å². The summed E-state index contributed by atoms with van der Waals surface area (Å²) >= 11 is 0. The van der Waals surface area contributed by atoms with Crippen LogP contribution in [0.15, 0.2) is 12.8 Å². The first-order valence-electron chi connectivity index (χ1n) is 2.04. The van der Waals surface area contributed by atoms with Gasteiger partial charge in [0.1, 0.15) is 0 Å². The predicted molar refractivity (Wildman–Crippen MR) is 28.6 cm³/mol. The van der Waals surface area contributed by atoms with Crippen molar-refractivity contribution in [1.82, 2.24) is 4.90 Å². The number of carbonyl (C=O) groups excluding carboxylic acids is 1. The number of rotatable bonds is 1. The molecule has 0 unspecified atom stereocenters. The largest absolute Gasteiger partial charge is 0.323 e. The van der Waals surface area contributed by atoms with Crippen LogP contribution in [0.4, 0.5) is 0 Å². The van der Waals surface area contributed by atoms with E-state index in [0.29, 0.717) is 0 Å². The van der Waals surface area contributed by atoms with E-state index in [1.807, 2.05) is 0 Å². The van der Waals surface area contributed by atoms with Gasteiger partial charge in [0, 0.05) is 51.7 Å². The van der Waals surface area contributed by atoms with Crippen LogP contribution in [0.5, 0.6) is 0 Å². The first-order chi connectivity index (χ1) is 3.18. The fourth-order valence-electron chi connectivity index (χ4n) is 0.129. The predicted octanol–water partition coefficient (Wildman–Crippen LogP) is 0.608. The zero-order chi connectivity index (χ0) is 5.86. The first kappa shape index (κ1) is 11.3. The van der Waals surface area contributed by atoms with Crippen LogP contribution < -0.4 is 0 Å². The van der Waals surface area contributed by atoms with Gasteiger partial charge in [0.15, 0.2) is 0 Å². The topological polar surface area (TPSA) is 20.3 Å². The fourth-order valence-corrected chi connectivity index (χ4v) is 0.129. The molecule has 0 saturated carbocycles. The van der Waals surface area contributed by atoms with Crippen molar-refractivity contribution in [2.75, 3.05) is 7.05 Å². The molecule has 0 radical (unpaired) electrons. The van der Waals surface area contributed by atoms with Gasteiger partial charge < -0.3 is 4.90 Å². The molecule has 0 spiro atoms. The second kappa shape index (κ2) is 5.60. The summed E-state index contributed by atoms with van der Waals surface area (Å²) in [5.74, 6) is 0.00926. The van der Waals surface area contributed by atoms with Gasteiger partial charge in [-0.2, -0.15) is 0 Å². The average Bonchev–Trinajstić information content (AvgIpc) is 1.65. The van der Waals surface area contributed by atoms with E-state index >= 15 is 0 Å². The summed E-state index contributed by atoms with van der Waals surface area (Å²) < 4.78 is 0. The quantitative estimate of drug-likeness (QED) is 0.521. The molecule has 0 N–H and O–H groups in total. The molecule has 0 fully saturated rings. The van der Waals surface area contributed by atoms with Crippen molar-refractivity contribution in [2.45, 2.75) is 6.92 Å². The Morgan fingerprint density at radius 1 is 1.75 bits per heavy atom. The summed E-state index contributed by atoms with van der Waals surface area (Å²) in [4.78, 5) is 11.6. The van der Waals surface area contributed by atoms with Gasteiger partial charge in [-0.05, 0) is 6.20 Å². The maximum Gasteiger partial charge on any atom is 0.223 e. The van der Waals surface area contributed by atoms with Gasteiger partial charge in [0.2, 0.25) is 5.91 Å². The minimum absolute atomic E-state index is 0. The van der Waals surface area contributed by atoms with Gasteiger partial charge in [-0.15, -0.1) is 0 Å². The summed E-state index contributed by atoms with van der Waals surface area (Å²) in [5, 5.41) is 0. The van der Waals surface area contributed by atoms with Crippen LogP contribution in [0.25, 0.3) is 0 Å². The first-order valence-corrected chi connectivity index (χ1v) is 2.04. The zero-order valence-electron chi connectivity index (χ0n) is 4.99. The van der Waals surface area contributed by atoms with Crippen LogP contribution in [0.3, 0.4) is 0 Å². The van der Waals surface area contributed by atoms with Crippen molar-refractivity contribution < 1.29 is 42.5 Å². The van der Waals surface area contributed by atoms with Crippen LogP contribution in [0.1, 0.15) is 6.92 Å². The molecule has 0 saturated heterocycles. The molecular formula is C5H9ArNO. The average molecular weight is 139 g/mol. The SMILES string of the molecule is C=CN(C)C(C)=O.[Ar]. The van der Waals surface area contributed by atoms with E-state index in [-0.39, 0.29) is 43.6 Å². The Balaban J connectivity index is 0. The molecule has 0 bridgehead atoms. The van der Waals surface area contributed by atoms with Crippen LogP contribution in [-0.4, -0.2) is 17.9 Å². The minimum atomic E-state index is 0. The molecule has 0 aliphatic carbocycles. The maximum absolute atomic E-state index is 10.2. The molecule has 0 atom stereocenters. The van der Waals surface area contributed by atoms with E-state index in [2.05, 4.69) is 6.58 Å². The molecule has 1 amide bonds. The van der Waals surface area contributed by atoms with Crippen molar-refractivity contribution in [2.24, 2.45) is 0 Å². The molecule has 2 nitrogen and oxygen atoms in total. The smallest absolute Gasteiger partial charge is 0.223 e. The van der Waals surface area contributed by atoms with Crippen molar-refractivity contribution in [3.63, 3.8) is 0 Å². The van der Waals surface area contributed by atoms with Crippen molar-refractivity contribution in [1.29, 1.82) is 0 Å². The molecule has 0 heterocycles. The molecule has 0 aliphatic heterocycles. The van der Waals surface area contributed by atoms with Gasteiger partial charge in [0.05, 0.1) is 0 Å². The molecule has 0 aromatic carbocycles. The van der Waals surface area contributed by atoms with Crippen LogP contribution >= 0.6 is 0 Å². The Morgan fingerprint density at radius 3 is 2.12 bits per heavy atom. The van der Waals surface area contributed by atoms with Crippen LogP contribution in [0, 0.1) is 37.7 Å². The van der Waals surface area contributed by atoms with E-state index < -0.39 is 0 Å². The third-order valence-electron chi connectivity index (χ3n) is 0.771. The second-order valence-corrected chi connectivity index (χ2v) is 1.31. The Bertz CT molecular complexity index is 92.4. The van der Waals surface area contributed by atoms with Crippen molar-refractivity contribution in [3.8, 4) is 0 Å². The van der Waals surface area contributed by atoms with Crippen LogP contribution in [-0.2, 0) is 4.79 Å². The minimum Gasteiger partial charge on any atom is -0.323 e. The fraction of sp³-hybridized carbons (Fsp3) is 0.400. The molecule has 0 rings (SSSR count). The Hall–Kier alpha value is 0.470. The number of nitrogens with zero attached hydrogens (tertiary/aromatic N) is 1. The van der Waals surface area contributed by atoms with E-state index in [9.17, 15) is 4.79 Å². The van der Waals surface area contributed by atoms with E-state index in [4.69, 9.17) is 0 Å². The molecule has 3 heteroatoms. The number of amides is 1. The van der Waals surface area contributed by atoms with Gasteiger partial charge in [-0.25, -0.2) is 0 Å². The molecule has 0 aliphatic rings.